The maximum Gasteiger partial charge on any atom is 0.137 e. The Kier molecular flexibility index (Phi) is 9.62. The molecule has 9 aromatic rings. The van der Waals surface area contributed by atoms with Crippen molar-refractivity contribution in [2.24, 2.45) is 5.92 Å². The Balaban J connectivity index is 1.10. The van der Waals surface area contributed by atoms with Gasteiger partial charge < -0.3 is 14.5 Å². The van der Waals surface area contributed by atoms with Crippen molar-refractivity contribution in [1.82, 2.24) is 9.55 Å². The normalized spacial score (nSPS) is 17.2. The maximum atomic E-state index is 10.0. The van der Waals surface area contributed by atoms with E-state index in [9.17, 15) is 11.0 Å². The van der Waals surface area contributed by atoms with Crippen molar-refractivity contribution < 1.29 is 17.1 Å². The zero-order chi connectivity index (χ0) is 59.9. The predicted octanol–water partition coefficient (Wildman–Crippen LogP) is 19.0. The zero-order valence-corrected chi connectivity index (χ0v) is 45.4. The van der Waals surface area contributed by atoms with Crippen LogP contribution in [-0.4, -0.2) is 16.2 Å². The third-order valence-corrected chi connectivity index (χ3v) is 15.2. The molecule has 1 aliphatic heterocycles. The van der Waals surface area contributed by atoms with Crippen LogP contribution in [0.15, 0.2) is 158 Å². The Morgan fingerprint density at radius 1 is 0.649 bits per heavy atom. The first kappa shape index (κ1) is 39.4. The molecule has 2 aliphatic rings. The van der Waals surface area contributed by atoms with Gasteiger partial charge in [-0.3, -0.25) is 4.57 Å². The van der Waals surface area contributed by atoms with Gasteiger partial charge >= 0.3 is 0 Å². The maximum absolute atomic E-state index is 10.0. The smallest absolute Gasteiger partial charge is 0.137 e. The van der Waals surface area contributed by atoms with E-state index in [1.807, 2.05) is 112 Å². The lowest BCUT2D eigenvalue weighted by atomic mass is 9.63. The number of hydrogen-bond donors (Lipinski definition) is 0. The minimum absolute atomic E-state index is 0.0176. The molecule has 0 amide bonds. The van der Waals surface area contributed by atoms with Gasteiger partial charge in [-0.05, 0) is 165 Å². The SMILES string of the molecule is [2H]c1c([2H])c(-c2cc(C([2H])([2H])C(C)C)cc(-c3ccc4c(c3)C(C)(C)CCC4(C)C)c2N2CN(c3cccc(Oc4ccc5c6c([2H])c([2H])c(C)c([2H])c6n(-c6cc(C(C)(C)C)ccn6)c5c4)c3)c3ccccc32)c([2H])c(C(C)(C)C)c1[2H]. The van der Waals surface area contributed by atoms with Gasteiger partial charge in [-0.1, -0.05) is 156 Å². The number of pyridine rings is 1. The summed E-state index contributed by atoms with van der Waals surface area (Å²) in [6.07, 6.45) is 1.95. The molecule has 1 aliphatic carbocycles. The molecule has 0 fully saturated rings. The van der Waals surface area contributed by atoms with Crippen LogP contribution < -0.4 is 14.5 Å². The summed E-state index contributed by atoms with van der Waals surface area (Å²) in [6, 6.07) is 35.6. The lowest BCUT2D eigenvalue weighted by Crippen LogP contribution is -2.33. The van der Waals surface area contributed by atoms with Crippen LogP contribution >= 0.6 is 0 Å². The lowest BCUT2D eigenvalue weighted by Gasteiger charge is -2.42. The molecule has 74 heavy (non-hydrogen) atoms. The molecule has 7 aromatic carbocycles. The first-order chi connectivity index (χ1) is 38.8. The summed E-state index contributed by atoms with van der Waals surface area (Å²) in [7, 11) is 0. The molecule has 0 N–H and O–H groups in total. The molecule has 0 atom stereocenters. The number of fused-ring (bicyclic) bond motifs is 5. The van der Waals surface area contributed by atoms with Gasteiger partial charge in [0, 0.05) is 48.7 Å². The Morgan fingerprint density at radius 2 is 1.35 bits per heavy atom. The van der Waals surface area contributed by atoms with E-state index in [-0.39, 0.29) is 70.8 Å². The Morgan fingerprint density at radius 3 is 2.08 bits per heavy atom. The van der Waals surface area contributed by atoms with Crippen molar-refractivity contribution in [2.75, 3.05) is 16.5 Å². The molecular formula is C69H74N4O. The largest absolute Gasteiger partial charge is 0.457 e. The second-order valence-corrected chi connectivity index (χ2v) is 24.2. The summed E-state index contributed by atoms with van der Waals surface area (Å²) in [6.45, 7) is 27.1. The van der Waals surface area contributed by atoms with Gasteiger partial charge in [-0.2, -0.15) is 0 Å². The fraction of sp³-hybridized carbons (Fsp3) is 0.319. The molecule has 5 nitrogen and oxygen atoms in total. The predicted molar refractivity (Wildman–Crippen MR) is 314 cm³/mol. The van der Waals surface area contributed by atoms with Gasteiger partial charge in [0.25, 0.3) is 0 Å². The second-order valence-electron chi connectivity index (χ2n) is 24.2. The van der Waals surface area contributed by atoms with E-state index in [0.717, 1.165) is 46.6 Å². The van der Waals surface area contributed by atoms with E-state index in [4.69, 9.17) is 11.1 Å². The van der Waals surface area contributed by atoms with Gasteiger partial charge in [0.2, 0.25) is 0 Å². The van der Waals surface area contributed by atoms with Crippen molar-refractivity contribution in [3.63, 3.8) is 0 Å². The van der Waals surface area contributed by atoms with Gasteiger partial charge in [0.1, 0.15) is 24.0 Å². The Bertz CT molecular complexity index is 4140. The molecule has 0 spiro atoms. The van der Waals surface area contributed by atoms with Crippen LogP contribution in [0.25, 0.3) is 49.9 Å². The molecule has 376 valence electrons. The molecule has 0 bridgehead atoms. The molecule has 0 radical (unpaired) electrons. The number of nitrogens with zero attached hydrogens (tertiary/aromatic N) is 4. The quantitative estimate of drug-likeness (QED) is 0.144. The topological polar surface area (TPSA) is 33.5 Å². The molecule has 11 rings (SSSR count). The number of hydrogen-bond acceptors (Lipinski definition) is 4. The van der Waals surface area contributed by atoms with Crippen LogP contribution in [0.5, 0.6) is 11.5 Å². The first-order valence-electron chi connectivity index (χ1n) is 30.7. The highest BCUT2D eigenvalue weighted by atomic mass is 16.5. The van der Waals surface area contributed by atoms with E-state index in [1.165, 1.54) is 11.1 Å². The summed E-state index contributed by atoms with van der Waals surface area (Å²) in [5, 5.41) is 1.22. The van der Waals surface area contributed by atoms with Gasteiger partial charge in [0.05, 0.1) is 37.7 Å². The number of ether oxygens (including phenoxy) is 1. The summed E-state index contributed by atoms with van der Waals surface area (Å²) < 4.78 is 93.7. The second kappa shape index (κ2) is 18.1. The fourth-order valence-electron chi connectivity index (χ4n) is 11.0. The van der Waals surface area contributed by atoms with Crippen molar-refractivity contribution in [3.8, 4) is 39.6 Å². The van der Waals surface area contributed by atoms with Crippen molar-refractivity contribution in [3.05, 3.63) is 191 Å². The van der Waals surface area contributed by atoms with Crippen LogP contribution in [0, 0.1) is 12.8 Å². The van der Waals surface area contributed by atoms with Crippen LogP contribution in [0.2, 0.25) is 0 Å². The molecule has 0 saturated carbocycles. The summed E-state index contributed by atoms with van der Waals surface area (Å²) in [5.74, 6) is 1.21. The van der Waals surface area contributed by atoms with E-state index in [1.54, 1.807) is 19.2 Å². The van der Waals surface area contributed by atoms with E-state index in [2.05, 4.69) is 88.6 Å². The van der Waals surface area contributed by atoms with Crippen molar-refractivity contribution >= 4 is 44.6 Å². The zero-order valence-electron chi connectivity index (χ0n) is 54.4. The molecule has 2 aromatic heterocycles. The van der Waals surface area contributed by atoms with Crippen LogP contribution in [0.4, 0.5) is 22.7 Å². The highest BCUT2D eigenvalue weighted by Crippen LogP contribution is 2.53. The number of para-hydroxylation sites is 2. The van der Waals surface area contributed by atoms with Crippen LogP contribution in [0.1, 0.15) is 142 Å². The van der Waals surface area contributed by atoms with Crippen molar-refractivity contribution in [2.45, 2.75) is 131 Å². The van der Waals surface area contributed by atoms with Gasteiger partial charge in [0.15, 0.2) is 0 Å². The summed E-state index contributed by atoms with van der Waals surface area (Å²) in [4.78, 5) is 9.23. The van der Waals surface area contributed by atoms with Gasteiger partial charge in [-0.25, -0.2) is 4.98 Å². The minimum Gasteiger partial charge on any atom is -0.457 e. The minimum atomic E-state index is -1.85. The Labute approximate surface area is 453 Å². The number of aromatic nitrogens is 2. The third kappa shape index (κ3) is 8.96. The lowest BCUT2D eigenvalue weighted by molar-refractivity contribution is 0.332. The monoisotopic (exact) mass is 984 g/mol. The Hall–Kier alpha value is -7.11. The van der Waals surface area contributed by atoms with E-state index >= 15 is 0 Å². The average Bonchev–Trinajstić information content (AvgIpc) is 2.45. The summed E-state index contributed by atoms with van der Waals surface area (Å²) in [5.41, 5.74) is 10.2. The standard InChI is InChI=1S/C69H74N4O/c1-44(2)34-46-36-56(47-18-16-19-49(38-47)66(4,5)6)65(57(37-46)48-25-29-58-59(39-48)69(12,13)32-31-68(58,10)11)72-43-71(60-22-14-15-23-61(60)72)51-20-17-21-52(41-51)74-53-26-28-55-54-27-24-45(3)35-62(54)73(63(55)42-53)64-40-50(30-33-70-64)67(7,8)9/h14-30,33,35-42,44H,31-32,34,43H2,1-13H3/i16D,18D,19D,24D,27D,34D2,35D,38D. The highest BCUT2D eigenvalue weighted by molar-refractivity contribution is 6.09. The molecular weight excluding hydrogens is 901 g/mol. The average molecular weight is 984 g/mol. The van der Waals surface area contributed by atoms with Crippen molar-refractivity contribution in [1.29, 1.82) is 0 Å². The third-order valence-electron chi connectivity index (χ3n) is 15.2. The van der Waals surface area contributed by atoms with Crippen LogP contribution in [-0.2, 0) is 28.0 Å². The highest BCUT2D eigenvalue weighted by Gasteiger charge is 2.38. The molecule has 3 heterocycles. The first-order valence-corrected chi connectivity index (χ1v) is 26.2. The van der Waals surface area contributed by atoms with Gasteiger partial charge in [-0.15, -0.1) is 0 Å². The molecule has 5 heteroatoms. The fourth-order valence-corrected chi connectivity index (χ4v) is 11.0. The number of benzene rings is 7. The summed E-state index contributed by atoms with van der Waals surface area (Å²) >= 11 is 0. The number of rotatable bonds is 9. The van der Waals surface area contributed by atoms with E-state index < -0.39 is 17.7 Å². The van der Waals surface area contributed by atoms with Crippen LogP contribution in [0.3, 0.4) is 0 Å². The molecule has 0 unspecified atom stereocenters. The van der Waals surface area contributed by atoms with E-state index in [0.29, 0.717) is 67.1 Å². The number of anilines is 4. The molecule has 0 saturated heterocycles.